The predicted molar refractivity (Wildman–Crippen MR) is 111 cm³/mol. The lowest BCUT2D eigenvalue weighted by Gasteiger charge is -2.34. The van der Waals surface area contributed by atoms with E-state index in [-0.39, 0.29) is 29.1 Å². The Morgan fingerprint density at radius 2 is 1.90 bits per heavy atom. The van der Waals surface area contributed by atoms with Crippen molar-refractivity contribution in [2.45, 2.75) is 69.6 Å². The Balaban J connectivity index is 1.47. The number of hydrogen-bond acceptors (Lipinski definition) is 4. The lowest BCUT2D eigenvalue weighted by molar-refractivity contribution is -0.0440. The van der Waals surface area contributed by atoms with Crippen LogP contribution in [0.2, 0.25) is 0 Å². The van der Waals surface area contributed by atoms with Gasteiger partial charge in [-0.25, -0.2) is 8.42 Å². The minimum Gasteiger partial charge on any atom is -0.373 e. The van der Waals surface area contributed by atoms with Crippen molar-refractivity contribution < 1.29 is 17.9 Å². The molecule has 7 heteroatoms. The van der Waals surface area contributed by atoms with E-state index in [0.717, 1.165) is 11.8 Å². The number of carbonyl (C=O) groups is 1. The molecular weight excluding hydrogens is 388 g/mol. The first-order valence-corrected chi connectivity index (χ1v) is 12.2. The van der Waals surface area contributed by atoms with Crippen molar-refractivity contribution in [3.63, 3.8) is 0 Å². The topological polar surface area (TPSA) is 75.7 Å². The number of fused-ring (bicyclic) bond motifs is 2. The maximum atomic E-state index is 13.1. The van der Waals surface area contributed by atoms with Gasteiger partial charge in [0.2, 0.25) is 10.0 Å². The molecule has 3 fully saturated rings. The minimum absolute atomic E-state index is 0.110. The Hall–Kier alpha value is -1.44. The number of carbonyl (C=O) groups excluding carboxylic acids is 1. The maximum absolute atomic E-state index is 13.1. The van der Waals surface area contributed by atoms with Gasteiger partial charge in [-0.2, -0.15) is 4.31 Å². The molecular formula is C22H32N2O4S. The van der Waals surface area contributed by atoms with Crippen LogP contribution >= 0.6 is 0 Å². The summed E-state index contributed by atoms with van der Waals surface area (Å²) >= 11 is 0. The van der Waals surface area contributed by atoms with E-state index in [1.165, 1.54) is 36.1 Å². The van der Waals surface area contributed by atoms with E-state index >= 15 is 0 Å². The van der Waals surface area contributed by atoms with Gasteiger partial charge in [-0.1, -0.05) is 12.5 Å². The largest absolute Gasteiger partial charge is 0.373 e. The van der Waals surface area contributed by atoms with Crippen molar-refractivity contribution in [1.82, 2.24) is 9.62 Å². The van der Waals surface area contributed by atoms with E-state index in [2.05, 4.69) is 12.2 Å². The molecule has 1 aliphatic heterocycles. The molecule has 6 nitrogen and oxygen atoms in total. The lowest BCUT2D eigenvalue weighted by atomic mass is 9.84. The fourth-order valence-electron chi connectivity index (χ4n) is 5.58. The molecule has 0 spiro atoms. The van der Waals surface area contributed by atoms with Crippen molar-refractivity contribution in [2.75, 3.05) is 13.1 Å². The molecule has 0 radical (unpaired) electrons. The summed E-state index contributed by atoms with van der Waals surface area (Å²) in [6.45, 7) is 6.48. The van der Waals surface area contributed by atoms with E-state index in [0.29, 0.717) is 24.6 Å². The molecule has 4 rings (SSSR count). The van der Waals surface area contributed by atoms with Crippen molar-refractivity contribution in [1.29, 1.82) is 0 Å². The molecule has 2 bridgehead atoms. The number of amides is 1. The van der Waals surface area contributed by atoms with Crippen LogP contribution in [0.1, 0.15) is 56.8 Å². The minimum atomic E-state index is -3.66. The fraction of sp³-hybridized carbons (Fsp3) is 0.682. The van der Waals surface area contributed by atoms with Gasteiger partial charge in [0.15, 0.2) is 0 Å². The Bertz CT molecular complexity index is 861. The molecule has 3 aliphatic rings. The Morgan fingerprint density at radius 1 is 1.17 bits per heavy atom. The normalized spacial score (nSPS) is 33.6. The SMILES string of the molecule is C[C@@H]1CN(S(=O)(=O)c2cccc(C(=O)N[C@H](C)[C@H]3C[C@H]4CC[C@H]3C4)c2)C[C@H](C)O1. The molecule has 1 aromatic carbocycles. The van der Waals surface area contributed by atoms with Crippen molar-refractivity contribution in [3.8, 4) is 0 Å². The summed E-state index contributed by atoms with van der Waals surface area (Å²) in [5.41, 5.74) is 0.399. The number of benzene rings is 1. The summed E-state index contributed by atoms with van der Waals surface area (Å²) in [6, 6.07) is 6.52. The van der Waals surface area contributed by atoms with Crippen LogP contribution in [0.15, 0.2) is 29.2 Å². The highest BCUT2D eigenvalue weighted by molar-refractivity contribution is 7.89. The average molecular weight is 421 g/mol. The lowest BCUT2D eigenvalue weighted by Crippen LogP contribution is -2.48. The molecule has 1 saturated heterocycles. The highest BCUT2D eigenvalue weighted by Gasteiger charge is 2.42. The Kier molecular flexibility index (Phi) is 5.75. The number of ether oxygens (including phenoxy) is 1. The number of nitrogens with zero attached hydrogens (tertiary/aromatic N) is 1. The van der Waals surface area contributed by atoms with E-state index in [4.69, 9.17) is 4.74 Å². The smallest absolute Gasteiger partial charge is 0.251 e. The Morgan fingerprint density at radius 3 is 2.52 bits per heavy atom. The molecule has 0 aromatic heterocycles. The van der Waals surface area contributed by atoms with Crippen LogP contribution in [0, 0.1) is 17.8 Å². The number of morpholine rings is 1. The molecule has 2 aliphatic carbocycles. The zero-order chi connectivity index (χ0) is 20.8. The fourth-order valence-corrected chi connectivity index (χ4v) is 7.21. The van der Waals surface area contributed by atoms with Gasteiger partial charge in [-0.15, -0.1) is 0 Å². The van der Waals surface area contributed by atoms with E-state index in [1.807, 2.05) is 13.8 Å². The van der Waals surface area contributed by atoms with E-state index < -0.39 is 10.0 Å². The summed E-state index contributed by atoms with van der Waals surface area (Å²) in [7, 11) is -3.66. The average Bonchev–Trinajstić information content (AvgIpc) is 3.31. The third-order valence-corrected chi connectivity index (χ3v) is 8.74. The first-order chi connectivity index (χ1) is 13.7. The van der Waals surface area contributed by atoms with Gasteiger partial charge < -0.3 is 10.1 Å². The van der Waals surface area contributed by atoms with Crippen LogP contribution in [0.3, 0.4) is 0 Å². The van der Waals surface area contributed by atoms with Gasteiger partial charge >= 0.3 is 0 Å². The third-order valence-electron chi connectivity index (χ3n) is 6.91. The molecule has 6 atom stereocenters. The molecule has 2 saturated carbocycles. The Labute approximate surface area is 174 Å². The number of rotatable bonds is 5. The van der Waals surface area contributed by atoms with Crippen LogP contribution < -0.4 is 5.32 Å². The highest BCUT2D eigenvalue weighted by Crippen LogP contribution is 2.49. The van der Waals surface area contributed by atoms with Crippen LogP contribution in [-0.4, -0.2) is 50.0 Å². The second kappa shape index (κ2) is 8.00. The second-order valence-electron chi connectivity index (χ2n) is 9.21. The van der Waals surface area contributed by atoms with Crippen molar-refractivity contribution >= 4 is 15.9 Å². The molecule has 29 heavy (non-hydrogen) atoms. The predicted octanol–water partition coefficient (Wildman–Crippen LogP) is 3.04. The van der Waals surface area contributed by atoms with Gasteiger partial charge in [0.1, 0.15) is 0 Å². The van der Waals surface area contributed by atoms with Crippen LogP contribution in [0.25, 0.3) is 0 Å². The first kappa shape index (κ1) is 20.8. The van der Waals surface area contributed by atoms with Gasteiger partial charge in [-0.3, -0.25) is 4.79 Å². The molecule has 1 aromatic rings. The zero-order valence-corrected chi connectivity index (χ0v) is 18.3. The number of hydrogen-bond donors (Lipinski definition) is 1. The summed E-state index contributed by atoms with van der Waals surface area (Å²) in [5.74, 6) is 1.91. The molecule has 160 valence electrons. The number of sulfonamides is 1. The van der Waals surface area contributed by atoms with E-state index in [1.54, 1.807) is 18.2 Å². The van der Waals surface area contributed by atoms with Crippen LogP contribution in [0.4, 0.5) is 0 Å². The number of nitrogens with one attached hydrogen (secondary N) is 1. The quantitative estimate of drug-likeness (QED) is 0.794. The van der Waals surface area contributed by atoms with Crippen molar-refractivity contribution in [3.05, 3.63) is 29.8 Å². The monoisotopic (exact) mass is 420 g/mol. The molecule has 1 amide bonds. The van der Waals surface area contributed by atoms with Crippen LogP contribution in [-0.2, 0) is 14.8 Å². The standard InChI is InChI=1S/C22H32N2O4S/c1-14-12-24(13-15(2)28-14)29(26,27)20-6-4-5-19(11-20)22(25)23-16(3)21-10-17-7-8-18(21)9-17/h4-6,11,14-18,21H,7-10,12-13H2,1-3H3,(H,23,25)/t14-,15+,16-,17+,18+,21-/m1/s1. The summed E-state index contributed by atoms with van der Waals surface area (Å²) < 4.78 is 33.3. The van der Waals surface area contributed by atoms with Gasteiger partial charge in [-0.05, 0) is 76.0 Å². The summed E-state index contributed by atoms with van der Waals surface area (Å²) in [5, 5.41) is 3.13. The van der Waals surface area contributed by atoms with E-state index in [9.17, 15) is 13.2 Å². The molecule has 1 N–H and O–H groups in total. The highest BCUT2D eigenvalue weighted by atomic mass is 32.2. The summed E-state index contributed by atoms with van der Waals surface area (Å²) in [4.78, 5) is 13.0. The second-order valence-corrected chi connectivity index (χ2v) is 11.1. The molecule has 0 unspecified atom stereocenters. The molecule has 1 heterocycles. The summed E-state index contributed by atoms with van der Waals surface area (Å²) in [6.07, 6.45) is 4.81. The van der Waals surface area contributed by atoms with Gasteiger partial charge in [0.05, 0.1) is 17.1 Å². The van der Waals surface area contributed by atoms with Crippen molar-refractivity contribution in [2.24, 2.45) is 17.8 Å². The van der Waals surface area contributed by atoms with Gasteiger partial charge in [0.25, 0.3) is 5.91 Å². The van der Waals surface area contributed by atoms with Crippen LogP contribution in [0.5, 0.6) is 0 Å². The maximum Gasteiger partial charge on any atom is 0.251 e. The zero-order valence-electron chi connectivity index (χ0n) is 17.5. The van der Waals surface area contributed by atoms with Gasteiger partial charge in [0, 0.05) is 24.7 Å². The third kappa shape index (κ3) is 4.23. The first-order valence-electron chi connectivity index (χ1n) is 10.8.